The number of ether oxygens (including phenoxy) is 4. The maximum Gasteiger partial charge on any atom is 0.412 e. The number of methoxy groups -OCH3 is 1. The number of halogens is 4. The number of rotatable bonds is 9. The van der Waals surface area contributed by atoms with Crippen LogP contribution in [0.25, 0.3) is 32.1 Å². The Labute approximate surface area is 313 Å². The summed E-state index contributed by atoms with van der Waals surface area (Å²) >= 11 is 7.89. The molecule has 7 rings (SSSR count). The predicted molar refractivity (Wildman–Crippen MR) is 197 cm³/mol. The van der Waals surface area contributed by atoms with Gasteiger partial charge >= 0.3 is 12.1 Å². The van der Waals surface area contributed by atoms with E-state index in [-0.39, 0.29) is 85.1 Å². The smallest absolute Gasteiger partial charge is 0.412 e. The number of fused-ring (bicyclic) bond motifs is 2. The molecule has 0 saturated carbocycles. The summed E-state index contributed by atoms with van der Waals surface area (Å²) < 4.78 is 70.8. The van der Waals surface area contributed by atoms with Crippen molar-refractivity contribution in [2.75, 3.05) is 56.8 Å². The van der Waals surface area contributed by atoms with E-state index in [4.69, 9.17) is 35.5 Å². The van der Waals surface area contributed by atoms with Gasteiger partial charge < -0.3 is 23.8 Å². The lowest BCUT2D eigenvalue weighted by atomic mass is 9.95. The van der Waals surface area contributed by atoms with E-state index in [9.17, 15) is 14.4 Å². The minimum atomic E-state index is -0.983. The second kappa shape index (κ2) is 14.1. The molecule has 11 nitrogen and oxygen atoms in total. The Morgan fingerprint density at radius 1 is 1.30 bits per heavy atom. The largest absolute Gasteiger partial charge is 0.489 e. The van der Waals surface area contributed by atoms with Crippen LogP contribution in [0.5, 0.6) is 11.8 Å². The topological polar surface area (TPSA) is 122 Å². The molecule has 3 atom stereocenters. The van der Waals surface area contributed by atoms with Gasteiger partial charge in [0.2, 0.25) is 0 Å². The van der Waals surface area contributed by atoms with Crippen molar-refractivity contribution < 1.29 is 36.9 Å². The van der Waals surface area contributed by atoms with Crippen molar-refractivity contribution in [3.8, 4) is 29.0 Å². The van der Waals surface area contributed by atoms with Crippen molar-refractivity contribution in [1.29, 1.82) is 5.26 Å². The summed E-state index contributed by atoms with van der Waals surface area (Å²) in [7, 11) is 1.56. The van der Waals surface area contributed by atoms with Gasteiger partial charge in [0, 0.05) is 37.6 Å². The molecule has 0 radical (unpaired) electrons. The minimum Gasteiger partial charge on any atom is -0.489 e. The number of benzene rings is 2. The first kappa shape index (κ1) is 37.0. The Hall–Kier alpha value is -4.36. The number of hydrogen-bond acceptors (Lipinski definition) is 11. The van der Waals surface area contributed by atoms with Gasteiger partial charge in [0.05, 0.1) is 38.9 Å². The summed E-state index contributed by atoms with van der Waals surface area (Å²) in [4.78, 5) is 26.0. The minimum absolute atomic E-state index is 0.0135. The van der Waals surface area contributed by atoms with E-state index in [0.717, 1.165) is 36.8 Å². The molecule has 4 aromatic rings. The SMILES string of the molecule is C=C[C@H]1COc2c(Cl)c(-c3ccc(F)c4sc(NC(=O)OC(C)(C)C)c(C#N)c34)c(F)c3nc(OC[C@@]45CCCN4C[C@H](F)C5)nc(c23)N1CCOC. The molecule has 2 saturated heterocycles. The highest BCUT2D eigenvalue weighted by Gasteiger charge is 2.49. The Kier molecular flexibility index (Phi) is 9.86. The summed E-state index contributed by atoms with van der Waals surface area (Å²) in [5.41, 5.74) is -1.81. The van der Waals surface area contributed by atoms with E-state index in [1.165, 1.54) is 6.07 Å². The molecule has 53 heavy (non-hydrogen) atoms. The molecule has 1 N–H and O–H groups in total. The fraction of sp³-hybridized carbons (Fsp3) is 0.459. The van der Waals surface area contributed by atoms with E-state index >= 15 is 8.78 Å². The third-order valence-corrected chi connectivity index (χ3v) is 11.3. The molecule has 2 aromatic carbocycles. The third-order valence-electron chi connectivity index (χ3n) is 9.84. The van der Waals surface area contributed by atoms with Crippen LogP contribution >= 0.6 is 22.9 Å². The standard InChI is InChI=1S/C37H38ClF3N6O5S/c1-6-20-17-50-30-26-29(43-34(44-32(26)47(20)12-13-49-5)51-18-37-10-7-11-46(37)16-19(39)14-37)28(41)25(27(30)38)21-8-9-23(40)31-24(21)22(15-42)33(53-31)45-35(48)52-36(2,3)4/h6,8-9,19-20H,1,7,10-14,16-18H2,2-5H3,(H,45,48)/t19-,20+,37+/m1/s1. The van der Waals surface area contributed by atoms with Crippen molar-refractivity contribution >= 4 is 60.8 Å². The van der Waals surface area contributed by atoms with E-state index in [0.29, 0.717) is 19.5 Å². The van der Waals surface area contributed by atoms with Gasteiger partial charge in [-0.1, -0.05) is 23.7 Å². The van der Waals surface area contributed by atoms with Gasteiger partial charge in [-0.15, -0.1) is 17.9 Å². The fourth-order valence-corrected chi connectivity index (χ4v) is 8.97. The fourth-order valence-electron chi connectivity index (χ4n) is 7.57. The van der Waals surface area contributed by atoms with Crippen molar-refractivity contribution in [1.82, 2.24) is 14.9 Å². The van der Waals surface area contributed by atoms with Crippen LogP contribution in [0.3, 0.4) is 0 Å². The molecule has 3 aliphatic rings. The van der Waals surface area contributed by atoms with E-state index in [2.05, 4.69) is 21.8 Å². The molecule has 0 unspecified atom stereocenters. The molecule has 3 aliphatic heterocycles. The molecular weight excluding hydrogens is 733 g/mol. The van der Waals surface area contributed by atoms with Crippen molar-refractivity contribution in [2.24, 2.45) is 0 Å². The number of thiophene rings is 1. The third kappa shape index (κ3) is 6.60. The van der Waals surface area contributed by atoms with Crippen LogP contribution in [0.4, 0.5) is 28.8 Å². The van der Waals surface area contributed by atoms with Crippen LogP contribution in [0.15, 0.2) is 24.8 Å². The molecule has 0 bridgehead atoms. The number of carbonyl (C=O) groups excluding carboxylic acids is 1. The molecule has 2 aromatic heterocycles. The summed E-state index contributed by atoms with van der Waals surface area (Å²) in [5, 5.41) is 12.9. The van der Waals surface area contributed by atoms with Gasteiger partial charge in [0.25, 0.3) is 0 Å². The molecule has 0 aliphatic carbocycles. The van der Waals surface area contributed by atoms with Crippen LogP contribution in [-0.2, 0) is 9.47 Å². The number of nitriles is 1. The first-order chi connectivity index (χ1) is 25.3. The molecule has 2 fully saturated rings. The number of aromatic nitrogens is 2. The normalized spacial score (nSPS) is 21.3. The molecule has 0 spiro atoms. The predicted octanol–water partition coefficient (Wildman–Crippen LogP) is 8.02. The van der Waals surface area contributed by atoms with Crippen LogP contribution in [0.2, 0.25) is 5.02 Å². The van der Waals surface area contributed by atoms with Crippen molar-refractivity contribution in [3.05, 3.63) is 47.0 Å². The zero-order valence-electron chi connectivity index (χ0n) is 29.7. The number of alkyl halides is 1. The van der Waals surface area contributed by atoms with Gasteiger partial charge in [0.15, 0.2) is 11.6 Å². The van der Waals surface area contributed by atoms with Gasteiger partial charge in [-0.3, -0.25) is 10.2 Å². The summed E-state index contributed by atoms with van der Waals surface area (Å²) in [6, 6.07) is 3.90. The number of hydrogen-bond donors (Lipinski definition) is 1. The van der Waals surface area contributed by atoms with Crippen LogP contribution in [-0.4, -0.2) is 90.9 Å². The Bertz CT molecular complexity index is 2170. The molecule has 1 amide bonds. The van der Waals surface area contributed by atoms with Crippen molar-refractivity contribution in [3.63, 3.8) is 0 Å². The number of amides is 1. The second-order valence-corrected chi connectivity index (χ2v) is 15.8. The highest BCUT2D eigenvalue weighted by molar-refractivity contribution is 7.23. The van der Waals surface area contributed by atoms with E-state index in [1.807, 2.05) is 11.0 Å². The Balaban J connectivity index is 1.43. The first-order valence-corrected chi connectivity index (χ1v) is 18.4. The zero-order valence-corrected chi connectivity index (χ0v) is 31.2. The summed E-state index contributed by atoms with van der Waals surface area (Å²) in [5.74, 6) is -1.26. The summed E-state index contributed by atoms with van der Waals surface area (Å²) in [6.45, 7) is 10.8. The van der Waals surface area contributed by atoms with Crippen LogP contribution in [0.1, 0.15) is 45.6 Å². The number of anilines is 2. The maximum atomic E-state index is 17.4. The quantitative estimate of drug-likeness (QED) is 0.168. The average molecular weight is 771 g/mol. The van der Waals surface area contributed by atoms with Gasteiger partial charge in [-0.2, -0.15) is 15.2 Å². The summed E-state index contributed by atoms with van der Waals surface area (Å²) in [6.07, 6.45) is 1.79. The lowest BCUT2D eigenvalue weighted by molar-refractivity contribution is 0.0636. The molecule has 16 heteroatoms. The lowest BCUT2D eigenvalue weighted by Gasteiger charge is -2.31. The molecular formula is C37H38ClF3N6O5S. The van der Waals surface area contributed by atoms with E-state index < -0.39 is 41.1 Å². The van der Waals surface area contributed by atoms with Gasteiger partial charge in [-0.05, 0) is 51.8 Å². The number of carbonyl (C=O) groups is 1. The zero-order chi connectivity index (χ0) is 37.8. The van der Waals surface area contributed by atoms with E-state index in [1.54, 1.807) is 34.0 Å². The van der Waals surface area contributed by atoms with Crippen LogP contribution < -0.4 is 19.7 Å². The first-order valence-electron chi connectivity index (χ1n) is 17.2. The Morgan fingerprint density at radius 2 is 2.09 bits per heavy atom. The number of nitrogens with one attached hydrogen (secondary N) is 1. The average Bonchev–Trinajstić information content (AvgIpc) is 3.72. The molecule has 5 heterocycles. The van der Waals surface area contributed by atoms with Gasteiger partial charge in [-0.25, -0.2) is 18.0 Å². The maximum absolute atomic E-state index is 17.4. The molecule has 280 valence electrons. The number of nitrogens with zero attached hydrogens (tertiary/aromatic N) is 5. The van der Waals surface area contributed by atoms with Crippen LogP contribution in [0, 0.1) is 23.0 Å². The highest BCUT2D eigenvalue weighted by Crippen LogP contribution is 2.51. The second-order valence-electron chi connectivity index (χ2n) is 14.4. The van der Waals surface area contributed by atoms with Crippen molar-refractivity contribution in [2.45, 2.75) is 63.4 Å². The van der Waals surface area contributed by atoms with Gasteiger partial charge in [0.1, 0.15) is 53.2 Å². The monoisotopic (exact) mass is 770 g/mol. The lowest BCUT2D eigenvalue weighted by Crippen LogP contribution is -2.43. The highest BCUT2D eigenvalue weighted by atomic mass is 35.5. The Morgan fingerprint density at radius 3 is 2.81 bits per heavy atom.